The van der Waals surface area contributed by atoms with Crippen LogP contribution in [0, 0.1) is 11.8 Å². The molecule has 23 heavy (non-hydrogen) atoms. The molecular weight excluding hydrogens is 314 g/mol. The van der Waals surface area contributed by atoms with Crippen LogP contribution in [0.4, 0.5) is 0 Å². The molecule has 2 heterocycles. The second-order valence-electron chi connectivity index (χ2n) is 6.19. The number of amides is 2. The van der Waals surface area contributed by atoms with Crippen molar-refractivity contribution in [3.05, 3.63) is 35.9 Å². The van der Waals surface area contributed by atoms with Crippen LogP contribution in [-0.2, 0) is 4.79 Å². The zero-order valence-electron chi connectivity index (χ0n) is 13.4. The van der Waals surface area contributed by atoms with E-state index in [0.29, 0.717) is 32.1 Å². The largest absolute Gasteiger partial charge is 0.339 e. The van der Waals surface area contributed by atoms with E-state index in [1.807, 2.05) is 47.1 Å². The Kier molecular flexibility index (Phi) is 6.02. The lowest BCUT2D eigenvalue weighted by molar-refractivity contribution is -0.138. The summed E-state index contributed by atoms with van der Waals surface area (Å²) in [5, 5.41) is 3.22. The number of halogens is 1. The number of rotatable bonds is 3. The summed E-state index contributed by atoms with van der Waals surface area (Å²) in [5.74, 6) is 0.844. The zero-order valence-corrected chi connectivity index (χ0v) is 14.2. The van der Waals surface area contributed by atoms with Crippen LogP contribution in [-0.4, -0.2) is 60.9 Å². The number of piperazine rings is 1. The molecule has 0 bridgehead atoms. The molecular formula is C17H24ClN3O2. The lowest BCUT2D eigenvalue weighted by Gasteiger charge is -2.39. The number of nitrogens with zero attached hydrogens (tertiary/aromatic N) is 2. The first kappa shape index (κ1) is 17.8. The Hall–Kier alpha value is -1.59. The van der Waals surface area contributed by atoms with Gasteiger partial charge in [0.15, 0.2) is 0 Å². The predicted molar refractivity (Wildman–Crippen MR) is 91.7 cm³/mol. The summed E-state index contributed by atoms with van der Waals surface area (Å²) in [6.45, 7) is 6.43. The van der Waals surface area contributed by atoms with Crippen LogP contribution in [0.2, 0.25) is 0 Å². The molecule has 2 aliphatic heterocycles. The van der Waals surface area contributed by atoms with Crippen molar-refractivity contribution >= 4 is 24.2 Å². The minimum absolute atomic E-state index is 0. The van der Waals surface area contributed by atoms with Crippen molar-refractivity contribution in [1.82, 2.24) is 15.1 Å². The fourth-order valence-corrected chi connectivity index (χ4v) is 3.05. The van der Waals surface area contributed by atoms with E-state index in [4.69, 9.17) is 0 Å². The van der Waals surface area contributed by atoms with Gasteiger partial charge in [0.05, 0.1) is 0 Å². The van der Waals surface area contributed by atoms with Gasteiger partial charge >= 0.3 is 0 Å². The average Bonchev–Trinajstić information content (AvgIpc) is 2.53. The summed E-state index contributed by atoms with van der Waals surface area (Å²) in [4.78, 5) is 28.6. The van der Waals surface area contributed by atoms with Crippen molar-refractivity contribution in [1.29, 1.82) is 0 Å². The van der Waals surface area contributed by atoms with Crippen molar-refractivity contribution < 1.29 is 9.59 Å². The second kappa shape index (κ2) is 7.79. The van der Waals surface area contributed by atoms with Crippen molar-refractivity contribution in [3.8, 4) is 0 Å². The van der Waals surface area contributed by atoms with Gasteiger partial charge in [0.2, 0.25) is 5.91 Å². The maximum atomic E-state index is 12.5. The summed E-state index contributed by atoms with van der Waals surface area (Å²) in [6, 6.07) is 9.34. The highest BCUT2D eigenvalue weighted by Gasteiger charge is 2.33. The first-order valence-electron chi connectivity index (χ1n) is 8.00. The molecule has 3 rings (SSSR count). The summed E-state index contributed by atoms with van der Waals surface area (Å²) < 4.78 is 0. The van der Waals surface area contributed by atoms with E-state index in [2.05, 4.69) is 5.32 Å². The van der Waals surface area contributed by atoms with Gasteiger partial charge in [0.25, 0.3) is 5.91 Å². The third-order valence-electron chi connectivity index (χ3n) is 4.81. The predicted octanol–water partition coefficient (Wildman–Crippen LogP) is 1.25. The maximum Gasteiger partial charge on any atom is 0.253 e. The molecule has 2 saturated heterocycles. The molecule has 1 atom stereocenters. The second-order valence-corrected chi connectivity index (χ2v) is 6.19. The molecule has 1 aromatic carbocycles. The normalized spacial score (nSPS) is 19.5. The van der Waals surface area contributed by atoms with Crippen molar-refractivity contribution in [2.45, 2.75) is 6.92 Å². The van der Waals surface area contributed by atoms with Gasteiger partial charge in [0.1, 0.15) is 0 Å². The van der Waals surface area contributed by atoms with Gasteiger partial charge in [-0.15, -0.1) is 12.4 Å². The van der Waals surface area contributed by atoms with Crippen LogP contribution in [0.5, 0.6) is 0 Å². The highest BCUT2D eigenvalue weighted by molar-refractivity contribution is 5.94. The molecule has 0 aliphatic carbocycles. The van der Waals surface area contributed by atoms with Crippen molar-refractivity contribution in [3.63, 3.8) is 0 Å². The van der Waals surface area contributed by atoms with Gasteiger partial charge in [-0.05, 0) is 31.1 Å². The molecule has 1 unspecified atom stereocenters. The van der Waals surface area contributed by atoms with Crippen LogP contribution in [0.15, 0.2) is 30.3 Å². The molecule has 2 fully saturated rings. The summed E-state index contributed by atoms with van der Waals surface area (Å²) in [7, 11) is 0. The van der Waals surface area contributed by atoms with Crippen molar-refractivity contribution in [2.24, 2.45) is 11.8 Å². The summed E-state index contributed by atoms with van der Waals surface area (Å²) >= 11 is 0. The van der Waals surface area contributed by atoms with Crippen molar-refractivity contribution in [2.75, 3.05) is 39.3 Å². The molecule has 0 aromatic heterocycles. The Morgan fingerprint density at radius 3 is 2.13 bits per heavy atom. The quantitative estimate of drug-likeness (QED) is 0.903. The average molecular weight is 338 g/mol. The number of carbonyl (C=O) groups excluding carboxylic acids is 2. The monoisotopic (exact) mass is 337 g/mol. The van der Waals surface area contributed by atoms with Gasteiger partial charge in [-0.3, -0.25) is 9.59 Å². The van der Waals surface area contributed by atoms with E-state index < -0.39 is 0 Å². The smallest absolute Gasteiger partial charge is 0.253 e. The van der Waals surface area contributed by atoms with Gasteiger partial charge < -0.3 is 15.1 Å². The minimum Gasteiger partial charge on any atom is -0.339 e. The molecule has 0 radical (unpaired) electrons. The molecule has 1 aromatic rings. The highest BCUT2D eigenvalue weighted by Crippen LogP contribution is 2.19. The Morgan fingerprint density at radius 2 is 1.61 bits per heavy atom. The van der Waals surface area contributed by atoms with Gasteiger partial charge in [-0.25, -0.2) is 0 Å². The van der Waals surface area contributed by atoms with Crippen LogP contribution in [0.1, 0.15) is 17.3 Å². The van der Waals surface area contributed by atoms with Crippen LogP contribution < -0.4 is 5.32 Å². The maximum absolute atomic E-state index is 12.5. The molecule has 1 N–H and O–H groups in total. The zero-order chi connectivity index (χ0) is 15.5. The fraction of sp³-hybridized carbons (Fsp3) is 0.529. The first-order valence-corrected chi connectivity index (χ1v) is 8.00. The third-order valence-corrected chi connectivity index (χ3v) is 4.81. The van der Waals surface area contributed by atoms with Crippen LogP contribution in [0.25, 0.3) is 0 Å². The standard InChI is InChI=1S/C17H23N3O2.ClH/c1-13(15-11-18-12-15)16(21)19-7-9-20(10-8-19)17(22)14-5-3-2-4-6-14;/h2-6,13,15,18H,7-12H2,1H3;1H. The van der Waals surface area contributed by atoms with Crippen LogP contribution >= 0.6 is 12.4 Å². The lowest BCUT2D eigenvalue weighted by Crippen LogP contribution is -2.55. The van der Waals surface area contributed by atoms with Gasteiger partial charge in [-0.1, -0.05) is 25.1 Å². The minimum atomic E-state index is 0. The highest BCUT2D eigenvalue weighted by atomic mass is 35.5. The Morgan fingerprint density at radius 1 is 1.04 bits per heavy atom. The van der Waals surface area contributed by atoms with Gasteiger partial charge in [-0.2, -0.15) is 0 Å². The summed E-state index contributed by atoms with van der Waals surface area (Å²) in [5.41, 5.74) is 0.719. The molecule has 126 valence electrons. The first-order chi connectivity index (χ1) is 10.7. The molecule has 2 amide bonds. The molecule has 2 aliphatic rings. The summed E-state index contributed by atoms with van der Waals surface area (Å²) in [6.07, 6.45) is 0. The number of benzene rings is 1. The van der Waals surface area contributed by atoms with Gasteiger partial charge in [0, 0.05) is 37.7 Å². The fourth-order valence-electron chi connectivity index (χ4n) is 3.05. The van der Waals surface area contributed by atoms with E-state index in [-0.39, 0.29) is 30.1 Å². The van der Waals surface area contributed by atoms with E-state index >= 15 is 0 Å². The third kappa shape index (κ3) is 3.85. The number of hydrogen-bond donors (Lipinski definition) is 1. The topological polar surface area (TPSA) is 52.7 Å². The molecule has 0 saturated carbocycles. The number of hydrogen-bond acceptors (Lipinski definition) is 3. The number of nitrogens with one attached hydrogen (secondary N) is 1. The Balaban J connectivity index is 0.00000192. The van der Waals surface area contributed by atoms with E-state index in [0.717, 1.165) is 18.7 Å². The Labute approximate surface area is 143 Å². The molecule has 0 spiro atoms. The SMILES string of the molecule is CC(C(=O)N1CCN(C(=O)c2ccccc2)CC1)C1CNC1.Cl. The van der Waals surface area contributed by atoms with E-state index in [1.165, 1.54) is 0 Å². The van der Waals surface area contributed by atoms with Crippen LogP contribution in [0.3, 0.4) is 0 Å². The number of carbonyl (C=O) groups is 2. The van der Waals surface area contributed by atoms with E-state index in [1.54, 1.807) is 0 Å². The Bertz CT molecular complexity index is 540. The van der Waals surface area contributed by atoms with E-state index in [9.17, 15) is 9.59 Å². The molecule has 6 heteroatoms. The molecule has 5 nitrogen and oxygen atoms in total. The lowest BCUT2D eigenvalue weighted by atomic mass is 9.88.